The van der Waals surface area contributed by atoms with Crippen molar-refractivity contribution in [1.82, 2.24) is 4.90 Å². The van der Waals surface area contributed by atoms with Crippen LogP contribution in [0.3, 0.4) is 0 Å². The standard InChI is InChI=1S/C25H31ClN4O2S/c1-5-30(6-2)12-14-32-24-19(16-28)18(15-27)23(31-13-11-17(3)4)22(26)25(24)33-21-10-8-7-9-20(21)29/h7-10,17H,5-6,11-14,29H2,1-4H3. The summed E-state index contributed by atoms with van der Waals surface area (Å²) in [5, 5.41) is 20.1. The third kappa shape index (κ3) is 6.95. The monoisotopic (exact) mass is 486 g/mol. The zero-order valence-electron chi connectivity index (χ0n) is 19.7. The SMILES string of the molecule is CCN(CC)CCOc1c(C#N)c(C#N)c(OCCC(C)C)c(Cl)c1Sc1ccccc1N. The van der Waals surface area contributed by atoms with Gasteiger partial charge in [-0.2, -0.15) is 10.5 Å². The van der Waals surface area contributed by atoms with E-state index in [-0.39, 0.29) is 27.6 Å². The number of halogens is 1. The fourth-order valence-electron chi connectivity index (χ4n) is 3.13. The predicted octanol–water partition coefficient (Wildman–Crippen LogP) is 5.96. The first kappa shape index (κ1) is 26.7. The molecule has 0 aromatic heterocycles. The van der Waals surface area contributed by atoms with Gasteiger partial charge in [-0.05, 0) is 37.6 Å². The van der Waals surface area contributed by atoms with E-state index in [0.29, 0.717) is 36.3 Å². The molecule has 6 nitrogen and oxygen atoms in total. The Balaban J connectivity index is 2.58. The Labute approximate surface area is 206 Å². The molecule has 0 saturated carbocycles. The summed E-state index contributed by atoms with van der Waals surface area (Å²) >= 11 is 8.11. The van der Waals surface area contributed by atoms with Crippen molar-refractivity contribution in [3.63, 3.8) is 0 Å². The molecule has 33 heavy (non-hydrogen) atoms. The maximum absolute atomic E-state index is 9.98. The molecule has 176 valence electrons. The van der Waals surface area contributed by atoms with E-state index in [0.717, 1.165) is 24.4 Å². The Morgan fingerprint density at radius 2 is 1.64 bits per heavy atom. The van der Waals surface area contributed by atoms with Crippen LogP contribution in [-0.4, -0.2) is 37.7 Å². The summed E-state index contributed by atoms with van der Waals surface area (Å²) in [7, 11) is 0. The highest BCUT2D eigenvalue weighted by molar-refractivity contribution is 7.99. The molecule has 0 fully saturated rings. The minimum Gasteiger partial charge on any atom is -0.491 e. The predicted molar refractivity (Wildman–Crippen MR) is 134 cm³/mol. The lowest BCUT2D eigenvalue weighted by molar-refractivity contribution is 0.219. The van der Waals surface area contributed by atoms with Crippen LogP contribution in [0.1, 0.15) is 45.2 Å². The number of hydrogen-bond donors (Lipinski definition) is 1. The van der Waals surface area contributed by atoms with Crippen LogP contribution in [0, 0.1) is 28.6 Å². The van der Waals surface area contributed by atoms with E-state index in [1.165, 1.54) is 11.8 Å². The van der Waals surface area contributed by atoms with Crippen LogP contribution >= 0.6 is 23.4 Å². The van der Waals surface area contributed by atoms with Crippen LogP contribution in [-0.2, 0) is 0 Å². The summed E-state index contributed by atoms with van der Waals surface area (Å²) in [4.78, 5) is 3.50. The number of hydrogen-bond acceptors (Lipinski definition) is 7. The molecule has 0 heterocycles. The zero-order chi connectivity index (χ0) is 24.4. The molecule has 2 rings (SSSR count). The van der Waals surface area contributed by atoms with Crippen molar-refractivity contribution < 1.29 is 9.47 Å². The van der Waals surface area contributed by atoms with Gasteiger partial charge in [0.05, 0.1) is 11.5 Å². The van der Waals surface area contributed by atoms with Gasteiger partial charge in [0.15, 0.2) is 11.5 Å². The number of nitriles is 2. The van der Waals surface area contributed by atoms with E-state index in [1.807, 2.05) is 18.2 Å². The second-order valence-corrected chi connectivity index (χ2v) is 9.25. The Kier molecular flexibility index (Phi) is 10.7. The van der Waals surface area contributed by atoms with Crippen molar-refractivity contribution in [3.05, 3.63) is 40.4 Å². The molecule has 2 N–H and O–H groups in total. The third-order valence-electron chi connectivity index (χ3n) is 5.15. The maximum atomic E-state index is 9.98. The van der Waals surface area contributed by atoms with Crippen molar-refractivity contribution >= 4 is 29.1 Å². The van der Waals surface area contributed by atoms with E-state index in [9.17, 15) is 10.5 Å². The Hall–Kier alpha value is -2.58. The van der Waals surface area contributed by atoms with Crippen molar-refractivity contribution in [2.24, 2.45) is 5.92 Å². The molecular weight excluding hydrogens is 456 g/mol. The fourth-order valence-corrected chi connectivity index (χ4v) is 4.47. The van der Waals surface area contributed by atoms with Gasteiger partial charge in [0.2, 0.25) is 0 Å². The second-order valence-electron chi connectivity index (χ2n) is 7.82. The zero-order valence-corrected chi connectivity index (χ0v) is 21.2. The average molecular weight is 487 g/mol. The van der Waals surface area contributed by atoms with E-state index in [1.54, 1.807) is 6.07 Å². The molecular formula is C25H31ClN4O2S. The van der Waals surface area contributed by atoms with E-state index < -0.39 is 0 Å². The average Bonchev–Trinajstić information content (AvgIpc) is 2.80. The van der Waals surface area contributed by atoms with Gasteiger partial charge in [-0.1, -0.05) is 63.2 Å². The first-order chi connectivity index (χ1) is 15.9. The summed E-state index contributed by atoms with van der Waals surface area (Å²) < 4.78 is 12.0. The number of benzene rings is 2. The van der Waals surface area contributed by atoms with Crippen molar-refractivity contribution in [1.29, 1.82) is 10.5 Å². The van der Waals surface area contributed by atoms with Crippen LogP contribution < -0.4 is 15.2 Å². The Morgan fingerprint density at radius 1 is 1.03 bits per heavy atom. The number of nitrogen functional groups attached to an aromatic ring is 1. The molecule has 0 bridgehead atoms. The van der Waals surface area contributed by atoms with Crippen LogP contribution in [0.5, 0.6) is 11.5 Å². The van der Waals surface area contributed by atoms with Crippen LogP contribution in [0.15, 0.2) is 34.1 Å². The molecule has 0 aliphatic carbocycles. The second kappa shape index (κ2) is 13.2. The van der Waals surface area contributed by atoms with Gasteiger partial charge in [0.1, 0.15) is 34.9 Å². The Morgan fingerprint density at radius 3 is 2.21 bits per heavy atom. The number of likely N-dealkylation sites (N-methyl/N-ethyl adjacent to an activating group) is 1. The Bertz CT molecular complexity index is 1030. The first-order valence-electron chi connectivity index (χ1n) is 11.1. The molecule has 8 heteroatoms. The number of anilines is 1. The molecule has 0 atom stereocenters. The van der Waals surface area contributed by atoms with Gasteiger partial charge in [-0.3, -0.25) is 0 Å². The summed E-state index contributed by atoms with van der Waals surface area (Å²) in [6, 6.07) is 11.6. The summed E-state index contributed by atoms with van der Waals surface area (Å²) in [6.45, 7) is 11.5. The van der Waals surface area contributed by atoms with Gasteiger partial charge in [0, 0.05) is 17.1 Å². The van der Waals surface area contributed by atoms with Crippen molar-refractivity contribution in [2.75, 3.05) is 38.6 Å². The third-order valence-corrected chi connectivity index (χ3v) is 6.81. The maximum Gasteiger partial charge on any atom is 0.158 e. The lowest BCUT2D eigenvalue weighted by atomic mass is 10.1. The van der Waals surface area contributed by atoms with Crippen LogP contribution in [0.25, 0.3) is 0 Å². The van der Waals surface area contributed by atoms with Crippen molar-refractivity contribution in [3.8, 4) is 23.6 Å². The summed E-state index contributed by atoms with van der Waals surface area (Å²) in [6.07, 6.45) is 0.791. The topological polar surface area (TPSA) is 95.3 Å². The molecule has 0 aliphatic heterocycles. The highest BCUT2D eigenvalue weighted by Crippen LogP contribution is 2.49. The number of nitrogens with zero attached hydrogens (tertiary/aromatic N) is 3. The summed E-state index contributed by atoms with van der Waals surface area (Å²) in [5.41, 5.74) is 6.96. The molecule has 0 aliphatic rings. The molecule has 0 saturated heterocycles. The number of para-hydroxylation sites is 1. The minimum absolute atomic E-state index is 0.0921. The van der Waals surface area contributed by atoms with E-state index in [2.05, 4.69) is 44.7 Å². The molecule has 2 aromatic carbocycles. The largest absolute Gasteiger partial charge is 0.491 e. The van der Waals surface area contributed by atoms with Gasteiger partial charge >= 0.3 is 0 Å². The molecule has 0 spiro atoms. The van der Waals surface area contributed by atoms with Crippen LogP contribution in [0.2, 0.25) is 5.02 Å². The molecule has 0 radical (unpaired) electrons. The lowest BCUT2D eigenvalue weighted by Gasteiger charge is -2.22. The normalized spacial score (nSPS) is 10.8. The molecule has 0 unspecified atom stereocenters. The van der Waals surface area contributed by atoms with Gasteiger partial charge in [-0.15, -0.1) is 0 Å². The smallest absolute Gasteiger partial charge is 0.158 e. The van der Waals surface area contributed by atoms with Crippen LogP contribution in [0.4, 0.5) is 5.69 Å². The van der Waals surface area contributed by atoms with E-state index >= 15 is 0 Å². The quantitative estimate of drug-likeness (QED) is 0.369. The summed E-state index contributed by atoms with van der Waals surface area (Å²) in [5.74, 6) is 0.922. The molecule has 0 amide bonds. The number of ether oxygens (including phenoxy) is 2. The lowest BCUT2D eigenvalue weighted by Crippen LogP contribution is -2.28. The first-order valence-corrected chi connectivity index (χ1v) is 12.3. The van der Waals surface area contributed by atoms with Gasteiger partial charge in [-0.25, -0.2) is 0 Å². The highest BCUT2D eigenvalue weighted by atomic mass is 35.5. The van der Waals surface area contributed by atoms with E-state index in [4.69, 9.17) is 26.8 Å². The van der Waals surface area contributed by atoms with Gasteiger partial charge < -0.3 is 20.1 Å². The minimum atomic E-state index is 0.0921. The van der Waals surface area contributed by atoms with Crippen molar-refractivity contribution in [2.45, 2.75) is 43.9 Å². The number of rotatable bonds is 12. The molecule has 2 aromatic rings. The fraction of sp³-hybridized carbons (Fsp3) is 0.440. The number of nitrogens with two attached hydrogens (primary N) is 1. The van der Waals surface area contributed by atoms with Gasteiger partial charge in [0.25, 0.3) is 0 Å². The highest BCUT2D eigenvalue weighted by Gasteiger charge is 2.27.